The van der Waals surface area contributed by atoms with Crippen molar-refractivity contribution in [2.24, 2.45) is 0 Å². The van der Waals surface area contributed by atoms with E-state index in [0.29, 0.717) is 19.6 Å². The number of aliphatic hydroxyl groups is 1. The molecule has 0 aliphatic heterocycles. The van der Waals surface area contributed by atoms with Gasteiger partial charge in [-0.05, 0) is 28.4 Å². The molecule has 0 aliphatic rings. The molecule has 1 aromatic heterocycles. The Morgan fingerprint density at radius 2 is 2.11 bits per heavy atom. The van der Waals surface area contributed by atoms with Crippen LogP contribution in [0.25, 0.3) is 0 Å². The lowest BCUT2D eigenvalue weighted by Crippen LogP contribution is -2.14. The minimum Gasteiger partial charge on any atom is -0.394 e. The maximum atomic E-state index is 12.8. The summed E-state index contributed by atoms with van der Waals surface area (Å²) in [5.74, 6) is -0.196. The first kappa shape index (κ1) is 16.2. The number of anilines is 1. The third kappa shape index (κ3) is 5.75. The van der Waals surface area contributed by atoms with Crippen LogP contribution in [-0.2, 0) is 10.9 Å². The molecule has 2 N–H and O–H groups in total. The van der Waals surface area contributed by atoms with Gasteiger partial charge in [0.05, 0.1) is 18.8 Å². The van der Waals surface area contributed by atoms with Crippen LogP contribution < -0.4 is 5.32 Å². The van der Waals surface area contributed by atoms with E-state index >= 15 is 0 Å². The van der Waals surface area contributed by atoms with Gasteiger partial charge in [-0.1, -0.05) is 0 Å². The van der Waals surface area contributed by atoms with E-state index in [0.717, 1.165) is 6.07 Å². The number of halogens is 4. The number of hydrogen-bond acceptors (Lipinski definition) is 4. The molecular weight excluding hydrogens is 329 g/mol. The van der Waals surface area contributed by atoms with E-state index in [4.69, 9.17) is 9.84 Å². The van der Waals surface area contributed by atoms with Crippen LogP contribution in [0.5, 0.6) is 0 Å². The average molecular weight is 343 g/mol. The van der Waals surface area contributed by atoms with Crippen molar-refractivity contribution in [3.8, 4) is 0 Å². The number of nitrogens with one attached hydrogen (secondary N) is 1. The van der Waals surface area contributed by atoms with Gasteiger partial charge in [-0.15, -0.1) is 0 Å². The largest absolute Gasteiger partial charge is 0.419 e. The van der Waals surface area contributed by atoms with Gasteiger partial charge < -0.3 is 15.2 Å². The second-order valence-corrected chi connectivity index (χ2v) is 4.58. The highest BCUT2D eigenvalue weighted by molar-refractivity contribution is 9.10. The Morgan fingerprint density at radius 3 is 2.74 bits per heavy atom. The topological polar surface area (TPSA) is 54.4 Å². The van der Waals surface area contributed by atoms with Gasteiger partial charge in [0.2, 0.25) is 0 Å². The van der Waals surface area contributed by atoms with Crippen molar-refractivity contribution in [1.29, 1.82) is 0 Å². The van der Waals surface area contributed by atoms with Crippen molar-refractivity contribution in [1.82, 2.24) is 4.98 Å². The Balaban J connectivity index is 2.54. The van der Waals surface area contributed by atoms with Gasteiger partial charge in [0.15, 0.2) is 0 Å². The highest BCUT2D eigenvalue weighted by Gasteiger charge is 2.34. The summed E-state index contributed by atoms with van der Waals surface area (Å²) in [6.45, 7) is 0.832. The van der Waals surface area contributed by atoms with Crippen molar-refractivity contribution in [2.75, 3.05) is 31.7 Å². The lowest BCUT2D eigenvalue weighted by Gasteiger charge is -2.13. The van der Waals surface area contributed by atoms with Crippen LogP contribution in [0.4, 0.5) is 19.0 Å². The van der Waals surface area contributed by atoms with E-state index in [2.05, 4.69) is 26.2 Å². The summed E-state index contributed by atoms with van der Waals surface area (Å²) >= 11 is 2.97. The predicted molar refractivity (Wildman–Crippen MR) is 68.0 cm³/mol. The second kappa shape index (κ2) is 7.66. The molecule has 0 bridgehead atoms. The molecule has 0 atom stereocenters. The fourth-order valence-corrected chi connectivity index (χ4v) is 1.68. The predicted octanol–water partition coefficient (Wildman–Crippen LogP) is 2.67. The molecule has 0 aromatic carbocycles. The van der Waals surface area contributed by atoms with Crippen molar-refractivity contribution in [3.63, 3.8) is 0 Å². The number of pyridine rings is 1. The number of nitrogens with zero attached hydrogens (tertiary/aromatic N) is 1. The van der Waals surface area contributed by atoms with Gasteiger partial charge in [-0.2, -0.15) is 13.2 Å². The number of hydrogen-bond donors (Lipinski definition) is 2. The van der Waals surface area contributed by atoms with Gasteiger partial charge in [0.1, 0.15) is 5.82 Å². The summed E-state index contributed by atoms with van der Waals surface area (Å²) in [6.07, 6.45) is -2.62. The third-order valence-electron chi connectivity index (χ3n) is 2.15. The standard InChI is InChI=1S/C11H14BrF3N2O2/c12-8-6-9(11(13,14)15)10(17-7-8)16-2-1-4-19-5-3-18/h6-7,18H,1-5H2,(H,16,17). The van der Waals surface area contributed by atoms with Crippen molar-refractivity contribution >= 4 is 21.7 Å². The van der Waals surface area contributed by atoms with E-state index < -0.39 is 11.7 Å². The van der Waals surface area contributed by atoms with Gasteiger partial charge in [-0.3, -0.25) is 0 Å². The number of alkyl halides is 3. The molecular formula is C11H14BrF3N2O2. The molecule has 0 radical (unpaired) electrons. The van der Waals surface area contributed by atoms with E-state index in [1.165, 1.54) is 6.20 Å². The van der Waals surface area contributed by atoms with Gasteiger partial charge in [0, 0.05) is 23.8 Å². The summed E-state index contributed by atoms with van der Waals surface area (Å²) in [5, 5.41) is 11.1. The van der Waals surface area contributed by atoms with E-state index in [1.54, 1.807) is 0 Å². The SMILES string of the molecule is OCCOCCCNc1ncc(Br)cc1C(F)(F)F. The normalized spacial score (nSPS) is 11.6. The van der Waals surface area contributed by atoms with E-state index in [1.807, 2.05) is 0 Å². The van der Waals surface area contributed by atoms with Crippen LogP contribution in [0, 0.1) is 0 Å². The van der Waals surface area contributed by atoms with Gasteiger partial charge in [-0.25, -0.2) is 4.98 Å². The zero-order chi connectivity index (χ0) is 14.3. The highest BCUT2D eigenvalue weighted by atomic mass is 79.9. The van der Waals surface area contributed by atoms with Crippen molar-refractivity contribution in [3.05, 3.63) is 22.3 Å². The van der Waals surface area contributed by atoms with Gasteiger partial charge in [0.25, 0.3) is 0 Å². The molecule has 4 nitrogen and oxygen atoms in total. The van der Waals surface area contributed by atoms with E-state index in [9.17, 15) is 13.2 Å². The zero-order valence-corrected chi connectivity index (χ0v) is 11.6. The van der Waals surface area contributed by atoms with Crippen LogP contribution in [0.3, 0.4) is 0 Å². The Kier molecular flexibility index (Phi) is 6.53. The van der Waals surface area contributed by atoms with Gasteiger partial charge >= 0.3 is 6.18 Å². The molecule has 0 fully saturated rings. The molecule has 0 amide bonds. The molecule has 1 rings (SSSR count). The first-order valence-corrected chi connectivity index (χ1v) is 6.39. The lowest BCUT2D eigenvalue weighted by molar-refractivity contribution is -0.137. The quantitative estimate of drug-likeness (QED) is 0.748. The molecule has 19 heavy (non-hydrogen) atoms. The maximum Gasteiger partial charge on any atom is 0.419 e. The zero-order valence-electron chi connectivity index (χ0n) is 10.0. The first-order chi connectivity index (χ1) is 8.95. The fraction of sp³-hybridized carbons (Fsp3) is 0.545. The highest BCUT2D eigenvalue weighted by Crippen LogP contribution is 2.35. The third-order valence-corrected chi connectivity index (χ3v) is 2.59. The molecule has 1 aromatic rings. The van der Waals surface area contributed by atoms with Crippen LogP contribution in [-0.4, -0.2) is 36.5 Å². The Hall–Kier alpha value is -0.860. The van der Waals surface area contributed by atoms with Crippen LogP contribution in [0.2, 0.25) is 0 Å². The molecule has 108 valence electrons. The smallest absolute Gasteiger partial charge is 0.394 e. The number of ether oxygens (including phenoxy) is 1. The Labute approximate surface area is 117 Å². The molecule has 0 unspecified atom stereocenters. The maximum absolute atomic E-state index is 12.8. The van der Waals surface area contributed by atoms with Crippen LogP contribution in [0.1, 0.15) is 12.0 Å². The number of rotatable bonds is 7. The second-order valence-electron chi connectivity index (χ2n) is 3.66. The van der Waals surface area contributed by atoms with E-state index in [-0.39, 0.29) is 23.5 Å². The molecule has 1 heterocycles. The first-order valence-electron chi connectivity index (χ1n) is 5.60. The molecule has 8 heteroatoms. The molecule has 0 saturated heterocycles. The summed E-state index contributed by atoms with van der Waals surface area (Å²) in [5.41, 5.74) is -0.807. The van der Waals surface area contributed by atoms with Crippen LogP contribution >= 0.6 is 15.9 Å². The monoisotopic (exact) mass is 342 g/mol. The minimum absolute atomic E-state index is 0.0695. The minimum atomic E-state index is -4.45. The summed E-state index contributed by atoms with van der Waals surface area (Å²) in [7, 11) is 0. The van der Waals surface area contributed by atoms with Crippen LogP contribution in [0.15, 0.2) is 16.7 Å². The van der Waals surface area contributed by atoms with Crippen molar-refractivity contribution in [2.45, 2.75) is 12.6 Å². The summed E-state index contributed by atoms with van der Waals surface area (Å²) < 4.78 is 43.5. The number of aromatic nitrogens is 1. The summed E-state index contributed by atoms with van der Waals surface area (Å²) in [6, 6.07) is 0.984. The van der Waals surface area contributed by atoms with Crippen molar-refractivity contribution < 1.29 is 23.0 Å². The lowest BCUT2D eigenvalue weighted by atomic mass is 10.2. The fourth-order valence-electron chi connectivity index (χ4n) is 1.34. The Bertz CT molecular complexity index is 402. The summed E-state index contributed by atoms with van der Waals surface area (Å²) in [4.78, 5) is 3.72. The average Bonchev–Trinajstić information content (AvgIpc) is 2.34. The molecule has 0 spiro atoms. The molecule has 0 saturated carbocycles. The molecule has 0 aliphatic carbocycles. The number of aliphatic hydroxyl groups excluding tert-OH is 1. The Morgan fingerprint density at radius 1 is 1.37 bits per heavy atom.